The maximum atomic E-state index is 12.3. The second-order valence-electron chi connectivity index (χ2n) is 6.79. The van der Waals surface area contributed by atoms with Crippen LogP contribution in [0.2, 0.25) is 0 Å². The topological polar surface area (TPSA) is 51.2 Å². The van der Waals surface area contributed by atoms with E-state index in [1.54, 1.807) is 0 Å². The van der Waals surface area contributed by atoms with Gasteiger partial charge in [-0.3, -0.25) is 4.79 Å². The number of nitrogens with one attached hydrogen (secondary N) is 1. The molecule has 130 valence electrons. The van der Waals surface area contributed by atoms with Crippen LogP contribution in [0.25, 0.3) is 10.2 Å². The third-order valence-electron chi connectivity index (χ3n) is 4.16. The summed E-state index contributed by atoms with van der Waals surface area (Å²) in [6.45, 7) is 4.28. The summed E-state index contributed by atoms with van der Waals surface area (Å²) in [5.74, 6) is -0.420. The molecule has 0 saturated heterocycles. The van der Waals surface area contributed by atoms with Gasteiger partial charge in [-0.05, 0) is 36.8 Å². The Labute approximate surface area is 141 Å². The van der Waals surface area contributed by atoms with Crippen LogP contribution in [0.5, 0.6) is 5.75 Å². The van der Waals surface area contributed by atoms with Crippen molar-refractivity contribution < 1.29 is 22.7 Å². The maximum absolute atomic E-state index is 12.3. The standard InChI is InChI=1S/C16H17F3N2O2S/c1-15(2)6-5-9(8-15)13(22)21-14-20-11-4-3-10(7-12(11)24-14)23-16(17,18)19/h3-4,7,9H,5-6,8H2,1-2H3,(H,20,21,22). The molecule has 4 nitrogen and oxygen atoms in total. The number of fused-ring (bicyclic) bond motifs is 1. The number of amides is 1. The lowest BCUT2D eigenvalue weighted by atomic mass is 9.90. The zero-order valence-corrected chi connectivity index (χ0v) is 14.1. The summed E-state index contributed by atoms with van der Waals surface area (Å²) in [4.78, 5) is 16.6. The van der Waals surface area contributed by atoms with Crippen LogP contribution < -0.4 is 10.1 Å². The number of thiazole rings is 1. The van der Waals surface area contributed by atoms with Crippen molar-refractivity contribution in [3.8, 4) is 5.75 Å². The molecule has 1 unspecified atom stereocenters. The molecular weight excluding hydrogens is 341 g/mol. The van der Waals surface area contributed by atoms with Gasteiger partial charge in [0.15, 0.2) is 5.13 Å². The van der Waals surface area contributed by atoms with Gasteiger partial charge in [-0.1, -0.05) is 25.2 Å². The molecule has 0 aliphatic heterocycles. The molecule has 3 rings (SSSR count). The quantitative estimate of drug-likeness (QED) is 0.844. The summed E-state index contributed by atoms with van der Waals surface area (Å²) >= 11 is 1.13. The van der Waals surface area contributed by atoms with Gasteiger partial charge in [0.2, 0.25) is 5.91 Å². The third kappa shape index (κ3) is 3.98. The Morgan fingerprint density at radius 1 is 1.42 bits per heavy atom. The van der Waals surface area contributed by atoms with Gasteiger partial charge in [-0.25, -0.2) is 4.98 Å². The number of anilines is 1. The highest BCUT2D eigenvalue weighted by Gasteiger charge is 2.35. The van der Waals surface area contributed by atoms with E-state index >= 15 is 0 Å². The van der Waals surface area contributed by atoms with Crippen LogP contribution in [0.15, 0.2) is 18.2 Å². The molecule has 1 aliphatic carbocycles. The lowest BCUT2D eigenvalue weighted by molar-refractivity contribution is -0.274. The Hall–Kier alpha value is -1.83. The van der Waals surface area contributed by atoms with Crippen molar-refractivity contribution in [3.63, 3.8) is 0 Å². The zero-order chi connectivity index (χ0) is 17.5. The van der Waals surface area contributed by atoms with Gasteiger partial charge in [-0.2, -0.15) is 0 Å². The Balaban J connectivity index is 1.73. The van der Waals surface area contributed by atoms with Gasteiger partial charge in [0.05, 0.1) is 10.2 Å². The van der Waals surface area contributed by atoms with Gasteiger partial charge in [0.25, 0.3) is 0 Å². The molecule has 1 atom stereocenters. The monoisotopic (exact) mass is 358 g/mol. The summed E-state index contributed by atoms with van der Waals surface area (Å²) in [5, 5.41) is 3.18. The molecule has 24 heavy (non-hydrogen) atoms. The molecule has 1 heterocycles. The van der Waals surface area contributed by atoms with E-state index in [0.717, 1.165) is 30.6 Å². The number of carbonyl (C=O) groups excluding carboxylic acids is 1. The van der Waals surface area contributed by atoms with Crippen molar-refractivity contribution in [2.75, 3.05) is 5.32 Å². The first-order chi connectivity index (χ1) is 11.1. The first kappa shape index (κ1) is 17.0. The Bertz CT molecular complexity index is 770. The maximum Gasteiger partial charge on any atom is 0.573 e. The lowest BCUT2D eigenvalue weighted by Gasteiger charge is -2.16. The van der Waals surface area contributed by atoms with Gasteiger partial charge in [0, 0.05) is 12.0 Å². The van der Waals surface area contributed by atoms with Crippen LogP contribution in [0.1, 0.15) is 33.1 Å². The van der Waals surface area contributed by atoms with Crippen molar-refractivity contribution in [1.82, 2.24) is 4.98 Å². The minimum atomic E-state index is -4.73. The molecular formula is C16H17F3N2O2S. The minimum absolute atomic E-state index is 0.0452. The normalized spacial score (nSPS) is 20.3. The smallest absolute Gasteiger partial charge is 0.406 e. The fourth-order valence-corrected chi connectivity index (χ4v) is 3.92. The van der Waals surface area contributed by atoms with Gasteiger partial charge >= 0.3 is 6.36 Å². The minimum Gasteiger partial charge on any atom is -0.406 e. The Morgan fingerprint density at radius 2 is 2.17 bits per heavy atom. The fraction of sp³-hybridized carbons (Fsp3) is 0.500. The van der Waals surface area contributed by atoms with Crippen LogP contribution >= 0.6 is 11.3 Å². The third-order valence-corrected chi connectivity index (χ3v) is 5.10. The molecule has 1 aliphatic rings. The van der Waals surface area contributed by atoms with Crippen molar-refractivity contribution >= 4 is 32.6 Å². The molecule has 1 aromatic heterocycles. The van der Waals surface area contributed by atoms with E-state index in [1.165, 1.54) is 18.2 Å². The van der Waals surface area contributed by atoms with Crippen LogP contribution in [0.3, 0.4) is 0 Å². The lowest BCUT2D eigenvalue weighted by Crippen LogP contribution is -2.21. The summed E-state index contributed by atoms with van der Waals surface area (Å²) in [6.07, 6.45) is -2.06. The van der Waals surface area contributed by atoms with E-state index in [0.29, 0.717) is 15.3 Å². The molecule has 0 radical (unpaired) electrons. The molecule has 1 aromatic carbocycles. The number of nitrogens with zero attached hydrogens (tertiary/aromatic N) is 1. The Morgan fingerprint density at radius 3 is 2.79 bits per heavy atom. The predicted octanol–water partition coefficient (Wildman–Crippen LogP) is 4.96. The summed E-state index contributed by atoms with van der Waals surface area (Å²) in [5.41, 5.74) is 0.691. The molecule has 0 bridgehead atoms. The molecule has 1 saturated carbocycles. The van der Waals surface area contributed by atoms with E-state index in [-0.39, 0.29) is 23.0 Å². The molecule has 1 N–H and O–H groups in total. The zero-order valence-electron chi connectivity index (χ0n) is 13.2. The van der Waals surface area contributed by atoms with E-state index < -0.39 is 6.36 Å². The highest BCUT2D eigenvalue weighted by Crippen LogP contribution is 2.41. The number of carbonyl (C=O) groups is 1. The number of aromatic nitrogens is 1. The summed E-state index contributed by atoms with van der Waals surface area (Å²) in [7, 11) is 0. The number of benzene rings is 1. The highest BCUT2D eigenvalue weighted by atomic mass is 32.1. The van der Waals surface area contributed by atoms with E-state index in [2.05, 4.69) is 28.9 Å². The number of alkyl halides is 3. The van der Waals surface area contributed by atoms with E-state index in [9.17, 15) is 18.0 Å². The first-order valence-corrected chi connectivity index (χ1v) is 8.40. The van der Waals surface area contributed by atoms with E-state index in [1.807, 2.05) is 0 Å². The highest BCUT2D eigenvalue weighted by molar-refractivity contribution is 7.22. The molecule has 2 aromatic rings. The van der Waals surface area contributed by atoms with Crippen LogP contribution in [0, 0.1) is 11.3 Å². The largest absolute Gasteiger partial charge is 0.573 e. The van der Waals surface area contributed by atoms with Crippen molar-refractivity contribution in [2.24, 2.45) is 11.3 Å². The van der Waals surface area contributed by atoms with Crippen molar-refractivity contribution in [1.29, 1.82) is 0 Å². The number of halogens is 3. The predicted molar refractivity (Wildman–Crippen MR) is 86.1 cm³/mol. The fourth-order valence-electron chi connectivity index (χ4n) is 3.02. The van der Waals surface area contributed by atoms with Crippen LogP contribution in [0.4, 0.5) is 18.3 Å². The molecule has 0 spiro atoms. The number of hydrogen-bond acceptors (Lipinski definition) is 4. The van der Waals surface area contributed by atoms with Crippen LogP contribution in [-0.4, -0.2) is 17.3 Å². The number of rotatable bonds is 3. The molecule has 1 amide bonds. The molecule has 1 fully saturated rings. The van der Waals surface area contributed by atoms with Gasteiger partial charge in [0.1, 0.15) is 5.75 Å². The Kier molecular flexibility index (Phi) is 4.19. The summed E-state index contributed by atoms with van der Waals surface area (Å²) in [6, 6.07) is 3.93. The van der Waals surface area contributed by atoms with Gasteiger partial charge < -0.3 is 10.1 Å². The molecule has 8 heteroatoms. The SMILES string of the molecule is CC1(C)CCC(C(=O)Nc2nc3ccc(OC(F)(F)F)cc3s2)C1. The second-order valence-corrected chi connectivity index (χ2v) is 7.82. The second kappa shape index (κ2) is 5.91. The van der Waals surface area contributed by atoms with E-state index in [4.69, 9.17) is 0 Å². The van der Waals surface area contributed by atoms with Crippen molar-refractivity contribution in [2.45, 2.75) is 39.5 Å². The van der Waals surface area contributed by atoms with Crippen molar-refractivity contribution in [3.05, 3.63) is 18.2 Å². The number of hydrogen-bond donors (Lipinski definition) is 1. The number of ether oxygens (including phenoxy) is 1. The van der Waals surface area contributed by atoms with Crippen LogP contribution in [-0.2, 0) is 4.79 Å². The summed E-state index contributed by atoms with van der Waals surface area (Å²) < 4.78 is 41.2. The average molecular weight is 358 g/mol. The average Bonchev–Trinajstić information content (AvgIpc) is 2.99. The van der Waals surface area contributed by atoms with Gasteiger partial charge in [-0.15, -0.1) is 13.2 Å². The first-order valence-electron chi connectivity index (χ1n) is 7.59.